The van der Waals surface area contributed by atoms with E-state index in [4.69, 9.17) is 0 Å². The van der Waals surface area contributed by atoms with Crippen molar-refractivity contribution >= 4 is 46.1 Å². The van der Waals surface area contributed by atoms with Gasteiger partial charge in [-0.15, -0.1) is 0 Å². The topological polar surface area (TPSA) is 114 Å². The molecule has 0 aromatic heterocycles. The standard InChI is InChI=1S/C46H46FN5O5/c1-2-36(29-6-4-3-5-7-29)43(31-10-14-35(53)15-11-31)30-8-12-32(13-9-30)49-20-18-28(19-21-49)25-50-26-34-22-33(50)27-51(34)41-24-38-37(23-39(41)47)45(56)52(46(38)57)40-16-17-42(54)48-44(40)55/h3-15,23-24,28,33-34,40,53H,2,16-22,25-27H2,1H3,(H,48,54,55). The summed E-state index contributed by atoms with van der Waals surface area (Å²) < 4.78 is 15.7. The molecule has 292 valence electrons. The van der Waals surface area contributed by atoms with Gasteiger partial charge in [0, 0.05) is 56.9 Å². The Morgan fingerprint density at radius 1 is 0.789 bits per heavy atom. The molecule has 2 bridgehead atoms. The van der Waals surface area contributed by atoms with E-state index in [0.717, 1.165) is 74.0 Å². The Bertz CT molecular complexity index is 2270. The van der Waals surface area contributed by atoms with E-state index in [-0.39, 0.29) is 41.8 Å². The quantitative estimate of drug-likeness (QED) is 0.147. The number of allylic oxidation sites excluding steroid dienone is 1. The smallest absolute Gasteiger partial charge is 0.262 e. The number of piperazine rings is 1. The second-order valence-corrected chi connectivity index (χ2v) is 16.0. The Morgan fingerprint density at radius 2 is 1.46 bits per heavy atom. The van der Waals surface area contributed by atoms with Crippen LogP contribution in [0.5, 0.6) is 5.75 Å². The molecule has 57 heavy (non-hydrogen) atoms. The van der Waals surface area contributed by atoms with Crippen molar-refractivity contribution < 1.29 is 28.7 Å². The number of aromatic hydroxyl groups is 1. The third-order valence-corrected chi connectivity index (χ3v) is 12.7. The monoisotopic (exact) mass is 767 g/mol. The number of imide groups is 2. The SMILES string of the molecule is CCC(=C(c1ccc(O)cc1)c1ccc(N2CCC(CN3CC4CC3CN4c3cc4c(cc3F)C(=O)N(C3CCC(=O)NC3=O)C4=O)CC2)cc1)c1ccccc1. The Balaban J connectivity index is 0.827. The molecule has 0 saturated carbocycles. The first-order valence-corrected chi connectivity index (χ1v) is 20.2. The maximum Gasteiger partial charge on any atom is 0.262 e. The predicted octanol–water partition coefficient (Wildman–Crippen LogP) is 6.48. The van der Waals surface area contributed by atoms with Gasteiger partial charge in [0.1, 0.15) is 17.6 Å². The predicted molar refractivity (Wildman–Crippen MR) is 216 cm³/mol. The summed E-state index contributed by atoms with van der Waals surface area (Å²) in [5.41, 5.74) is 7.45. The molecule has 3 atom stereocenters. The summed E-state index contributed by atoms with van der Waals surface area (Å²) >= 11 is 0. The molecule has 10 nitrogen and oxygen atoms in total. The minimum absolute atomic E-state index is 0.0297. The highest BCUT2D eigenvalue weighted by molar-refractivity contribution is 6.23. The number of hydrogen-bond acceptors (Lipinski definition) is 8. The van der Waals surface area contributed by atoms with Crippen molar-refractivity contribution in [2.24, 2.45) is 5.92 Å². The molecule has 0 aliphatic carbocycles. The van der Waals surface area contributed by atoms with Crippen molar-refractivity contribution in [3.63, 3.8) is 0 Å². The zero-order chi connectivity index (χ0) is 39.4. The average Bonchev–Trinajstić information content (AvgIpc) is 3.89. The van der Waals surface area contributed by atoms with Crippen LogP contribution in [0.3, 0.4) is 0 Å². The molecule has 0 radical (unpaired) electrons. The summed E-state index contributed by atoms with van der Waals surface area (Å²) in [6.07, 6.45) is 4.05. The number of carbonyl (C=O) groups is 4. The third kappa shape index (κ3) is 6.77. The van der Waals surface area contributed by atoms with Crippen LogP contribution in [0.2, 0.25) is 0 Å². The highest BCUT2D eigenvalue weighted by Crippen LogP contribution is 2.41. The number of likely N-dealkylation sites (tertiary alicyclic amines) is 1. The van der Waals surface area contributed by atoms with Crippen LogP contribution in [-0.2, 0) is 9.59 Å². The van der Waals surface area contributed by atoms with Crippen LogP contribution in [0, 0.1) is 11.7 Å². The number of phenols is 1. The molecule has 4 amide bonds. The number of fused-ring (bicyclic) bond motifs is 3. The number of nitrogens with one attached hydrogen (secondary N) is 1. The van der Waals surface area contributed by atoms with Crippen LogP contribution in [0.25, 0.3) is 11.1 Å². The van der Waals surface area contributed by atoms with Crippen LogP contribution < -0.4 is 15.1 Å². The molecule has 4 saturated heterocycles. The largest absolute Gasteiger partial charge is 0.508 e. The fraction of sp³-hybridized carbons (Fsp3) is 0.348. The second kappa shape index (κ2) is 14.9. The molecule has 5 aliphatic heterocycles. The number of hydrogen-bond donors (Lipinski definition) is 2. The Labute approximate surface area is 331 Å². The highest BCUT2D eigenvalue weighted by atomic mass is 19.1. The first-order chi connectivity index (χ1) is 27.7. The number of anilines is 2. The number of piperidine rings is 2. The van der Waals surface area contributed by atoms with Crippen LogP contribution in [0.4, 0.5) is 15.8 Å². The highest BCUT2D eigenvalue weighted by Gasteiger charge is 2.48. The Hall–Kier alpha value is -5.81. The van der Waals surface area contributed by atoms with E-state index in [1.165, 1.54) is 28.5 Å². The fourth-order valence-electron chi connectivity index (χ4n) is 9.82. The third-order valence-electron chi connectivity index (χ3n) is 12.7. The summed E-state index contributed by atoms with van der Waals surface area (Å²) in [6, 6.07) is 28.8. The zero-order valence-corrected chi connectivity index (χ0v) is 32.0. The molecule has 9 rings (SSSR count). The first-order valence-electron chi connectivity index (χ1n) is 20.2. The Kier molecular flexibility index (Phi) is 9.64. The van der Waals surface area contributed by atoms with Gasteiger partial charge in [0.15, 0.2) is 0 Å². The van der Waals surface area contributed by atoms with Gasteiger partial charge in [0.2, 0.25) is 11.8 Å². The van der Waals surface area contributed by atoms with E-state index in [9.17, 15) is 24.3 Å². The summed E-state index contributed by atoms with van der Waals surface area (Å²) in [6.45, 7) is 6.61. The maximum absolute atomic E-state index is 15.7. The van der Waals surface area contributed by atoms with Gasteiger partial charge in [-0.1, -0.05) is 61.5 Å². The van der Waals surface area contributed by atoms with Gasteiger partial charge in [-0.05, 0) is 102 Å². The maximum atomic E-state index is 15.7. The lowest BCUT2D eigenvalue weighted by molar-refractivity contribution is -0.136. The van der Waals surface area contributed by atoms with Crippen LogP contribution in [0.15, 0.2) is 91.0 Å². The summed E-state index contributed by atoms with van der Waals surface area (Å²) in [5.74, 6) is -2.18. The number of nitrogens with zero attached hydrogens (tertiary/aromatic N) is 4. The summed E-state index contributed by atoms with van der Waals surface area (Å²) in [4.78, 5) is 58.7. The molecule has 4 fully saturated rings. The molecule has 2 N–H and O–H groups in total. The molecule has 0 spiro atoms. The number of amides is 4. The molecule has 4 aromatic rings. The zero-order valence-electron chi connectivity index (χ0n) is 32.0. The van der Waals surface area contributed by atoms with Gasteiger partial charge in [-0.25, -0.2) is 4.39 Å². The minimum atomic E-state index is -1.09. The van der Waals surface area contributed by atoms with E-state index in [1.807, 2.05) is 23.1 Å². The molecular weight excluding hydrogens is 722 g/mol. The van der Waals surface area contributed by atoms with Crippen LogP contribution in [-0.4, -0.2) is 89.4 Å². The second-order valence-electron chi connectivity index (χ2n) is 16.0. The first kappa shape index (κ1) is 36.8. The van der Waals surface area contributed by atoms with Crippen molar-refractivity contribution in [1.29, 1.82) is 0 Å². The molecule has 5 heterocycles. The lowest BCUT2D eigenvalue weighted by atomic mass is 9.88. The fourth-order valence-corrected chi connectivity index (χ4v) is 9.82. The number of rotatable bonds is 9. The number of carbonyl (C=O) groups excluding carboxylic acids is 4. The van der Waals surface area contributed by atoms with Crippen molar-refractivity contribution in [3.8, 4) is 5.75 Å². The molecule has 5 aliphatic rings. The van der Waals surface area contributed by atoms with Gasteiger partial charge in [-0.2, -0.15) is 0 Å². The van der Waals surface area contributed by atoms with E-state index < -0.39 is 35.5 Å². The summed E-state index contributed by atoms with van der Waals surface area (Å²) in [5, 5.41) is 12.2. The van der Waals surface area contributed by atoms with Gasteiger partial charge in [0.25, 0.3) is 11.8 Å². The van der Waals surface area contributed by atoms with Gasteiger partial charge in [-0.3, -0.25) is 34.3 Å². The van der Waals surface area contributed by atoms with E-state index in [2.05, 4.69) is 70.6 Å². The molecular formula is C46H46FN5O5. The summed E-state index contributed by atoms with van der Waals surface area (Å²) in [7, 11) is 0. The van der Waals surface area contributed by atoms with Crippen molar-refractivity contribution in [2.45, 2.75) is 63.6 Å². The van der Waals surface area contributed by atoms with E-state index in [1.54, 1.807) is 12.1 Å². The van der Waals surface area contributed by atoms with Crippen LogP contribution >= 0.6 is 0 Å². The van der Waals surface area contributed by atoms with Gasteiger partial charge < -0.3 is 14.9 Å². The van der Waals surface area contributed by atoms with Gasteiger partial charge >= 0.3 is 0 Å². The molecule has 4 aromatic carbocycles. The number of halogens is 1. The normalized spacial score (nSPS) is 23.0. The van der Waals surface area contributed by atoms with Crippen LogP contribution in [0.1, 0.15) is 82.9 Å². The number of benzene rings is 4. The lowest BCUT2D eigenvalue weighted by Crippen LogP contribution is -2.54. The van der Waals surface area contributed by atoms with E-state index >= 15 is 4.39 Å². The van der Waals surface area contributed by atoms with Crippen molar-refractivity contribution in [3.05, 3.63) is 125 Å². The average molecular weight is 768 g/mol. The minimum Gasteiger partial charge on any atom is -0.508 e. The lowest BCUT2D eigenvalue weighted by Gasteiger charge is -2.40. The Morgan fingerprint density at radius 3 is 2.09 bits per heavy atom. The molecule has 3 unspecified atom stereocenters. The van der Waals surface area contributed by atoms with Gasteiger partial charge in [0.05, 0.1) is 16.8 Å². The molecule has 11 heteroatoms. The van der Waals surface area contributed by atoms with Crippen molar-refractivity contribution in [2.75, 3.05) is 42.5 Å². The van der Waals surface area contributed by atoms with Crippen molar-refractivity contribution in [1.82, 2.24) is 15.1 Å². The number of phenolic OH excluding ortho intramolecular Hbond substituents is 1. The van der Waals surface area contributed by atoms with E-state index in [0.29, 0.717) is 18.2 Å².